The molecule has 5 atom stereocenters. The van der Waals surface area contributed by atoms with Gasteiger partial charge in [-0.25, -0.2) is 0 Å². The van der Waals surface area contributed by atoms with Crippen molar-refractivity contribution >= 4 is 18.5 Å². The molecule has 26 heavy (non-hydrogen) atoms. The number of aryl methyl sites for hydroxylation is 1. The number of benzene rings is 1. The van der Waals surface area contributed by atoms with Crippen molar-refractivity contribution < 1.29 is 14.4 Å². The van der Waals surface area contributed by atoms with Crippen LogP contribution in [0.4, 0.5) is 0 Å². The van der Waals surface area contributed by atoms with Crippen LogP contribution in [0, 0.1) is 5.92 Å². The van der Waals surface area contributed by atoms with E-state index in [4.69, 9.17) is 0 Å². The van der Waals surface area contributed by atoms with Gasteiger partial charge >= 0.3 is 0 Å². The number of carbonyl (C=O) groups excluding carboxylic acids is 3. The van der Waals surface area contributed by atoms with Crippen molar-refractivity contribution in [2.45, 2.75) is 69.6 Å². The molecule has 5 nitrogen and oxygen atoms in total. The highest BCUT2D eigenvalue weighted by Crippen LogP contribution is 2.40. The number of likely N-dealkylation sites (tertiary alicyclic amines) is 1. The predicted octanol–water partition coefficient (Wildman–Crippen LogP) is 2.13. The van der Waals surface area contributed by atoms with Gasteiger partial charge in [0.05, 0.1) is 18.1 Å². The molecular weight excluding hydrogens is 328 g/mol. The van der Waals surface area contributed by atoms with E-state index < -0.39 is 6.04 Å². The summed E-state index contributed by atoms with van der Waals surface area (Å²) in [7, 11) is 0. The molecular formula is C21H28N2O3. The Hall–Kier alpha value is -2.01. The van der Waals surface area contributed by atoms with Crippen molar-refractivity contribution in [2.24, 2.45) is 5.92 Å². The smallest absolute Gasteiger partial charge is 0.240 e. The molecule has 5 heteroatoms. The number of hydrogen-bond donors (Lipinski definition) is 1. The summed E-state index contributed by atoms with van der Waals surface area (Å²) in [5, 5.41) is 3.16. The molecule has 1 aliphatic heterocycles. The van der Waals surface area contributed by atoms with Crippen LogP contribution in [0.5, 0.6) is 0 Å². The fourth-order valence-electron chi connectivity index (χ4n) is 4.55. The zero-order valence-electron chi connectivity index (χ0n) is 15.3. The van der Waals surface area contributed by atoms with Gasteiger partial charge in [0.25, 0.3) is 0 Å². The van der Waals surface area contributed by atoms with Gasteiger partial charge in [-0.05, 0) is 50.5 Å². The molecule has 1 aromatic carbocycles. The van der Waals surface area contributed by atoms with Gasteiger partial charge in [0.2, 0.25) is 5.91 Å². The van der Waals surface area contributed by atoms with Crippen LogP contribution in [0.2, 0.25) is 0 Å². The van der Waals surface area contributed by atoms with E-state index in [1.165, 1.54) is 5.56 Å². The van der Waals surface area contributed by atoms with E-state index >= 15 is 0 Å². The van der Waals surface area contributed by atoms with Gasteiger partial charge in [-0.1, -0.05) is 36.8 Å². The Morgan fingerprint density at radius 2 is 2.04 bits per heavy atom. The number of aldehydes is 2. The molecule has 0 aromatic heterocycles. The Balaban J connectivity index is 1.58. The second-order valence-corrected chi connectivity index (χ2v) is 7.60. The lowest BCUT2D eigenvalue weighted by Crippen LogP contribution is -2.53. The Morgan fingerprint density at radius 1 is 1.27 bits per heavy atom. The van der Waals surface area contributed by atoms with Crippen molar-refractivity contribution in [2.75, 3.05) is 0 Å². The van der Waals surface area contributed by atoms with Gasteiger partial charge in [0.1, 0.15) is 12.6 Å². The van der Waals surface area contributed by atoms with Crippen LogP contribution in [0.1, 0.15) is 44.6 Å². The molecule has 1 N–H and O–H groups in total. The molecule has 1 aliphatic carbocycles. The van der Waals surface area contributed by atoms with Crippen LogP contribution in [0.25, 0.3) is 0 Å². The van der Waals surface area contributed by atoms with Crippen molar-refractivity contribution in [3.63, 3.8) is 0 Å². The number of hydrogen-bond acceptors (Lipinski definition) is 4. The topological polar surface area (TPSA) is 66.5 Å². The maximum absolute atomic E-state index is 13.0. The van der Waals surface area contributed by atoms with E-state index in [-0.39, 0.29) is 24.0 Å². The van der Waals surface area contributed by atoms with Gasteiger partial charge < -0.3 is 14.5 Å². The number of nitrogens with zero attached hydrogens (tertiary/aromatic N) is 1. The van der Waals surface area contributed by atoms with E-state index in [9.17, 15) is 14.4 Å². The molecule has 2 fully saturated rings. The lowest BCUT2D eigenvalue weighted by Gasteiger charge is -2.31. The van der Waals surface area contributed by atoms with Gasteiger partial charge in [0.15, 0.2) is 0 Å². The van der Waals surface area contributed by atoms with Gasteiger partial charge in [0, 0.05) is 6.04 Å². The summed E-state index contributed by atoms with van der Waals surface area (Å²) in [5.41, 5.74) is 1.18. The third-order valence-electron chi connectivity index (χ3n) is 5.87. The van der Waals surface area contributed by atoms with Crippen molar-refractivity contribution in [1.29, 1.82) is 0 Å². The molecule has 2 aliphatic rings. The number of carbonyl (C=O) groups is 3. The van der Waals surface area contributed by atoms with E-state index in [0.29, 0.717) is 12.3 Å². The summed E-state index contributed by atoms with van der Waals surface area (Å²) < 4.78 is 0. The van der Waals surface area contributed by atoms with Crippen LogP contribution < -0.4 is 5.32 Å². The minimum atomic E-state index is -0.470. The highest BCUT2D eigenvalue weighted by molar-refractivity contribution is 5.85. The van der Waals surface area contributed by atoms with Crippen LogP contribution in [0.15, 0.2) is 30.3 Å². The van der Waals surface area contributed by atoms with Gasteiger partial charge in [-0.3, -0.25) is 10.1 Å². The Bertz CT molecular complexity index is 633. The molecule has 0 bridgehead atoms. The highest BCUT2D eigenvalue weighted by atomic mass is 16.2. The Kier molecular flexibility index (Phi) is 6.20. The summed E-state index contributed by atoms with van der Waals surface area (Å²) in [4.78, 5) is 37.7. The second kappa shape index (κ2) is 8.58. The SMILES string of the molecule is C[C@H](N[C@H](C=O)CCc1ccccc1)C(=O)N1C2CCCC2C[C@H]1C=O. The largest absolute Gasteiger partial charge is 0.328 e. The molecule has 140 valence electrons. The lowest BCUT2D eigenvalue weighted by atomic mass is 10.0. The van der Waals surface area contributed by atoms with Crippen molar-refractivity contribution in [3.05, 3.63) is 35.9 Å². The van der Waals surface area contributed by atoms with Crippen molar-refractivity contribution in [1.82, 2.24) is 10.2 Å². The molecule has 0 spiro atoms. The summed E-state index contributed by atoms with van der Waals surface area (Å²) in [6.07, 6.45) is 7.23. The summed E-state index contributed by atoms with van der Waals surface area (Å²) >= 11 is 0. The number of amides is 1. The highest BCUT2D eigenvalue weighted by Gasteiger charge is 2.46. The fraction of sp³-hybridized carbons (Fsp3) is 0.571. The first kappa shape index (κ1) is 18.8. The van der Waals surface area contributed by atoms with Gasteiger partial charge in [-0.2, -0.15) is 0 Å². The second-order valence-electron chi connectivity index (χ2n) is 7.60. The normalized spacial score (nSPS) is 27.0. The minimum absolute atomic E-state index is 0.0527. The molecule has 0 radical (unpaired) electrons. The van der Waals surface area contributed by atoms with Crippen LogP contribution in [0.3, 0.4) is 0 Å². The van der Waals surface area contributed by atoms with Gasteiger partial charge in [-0.15, -0.1) is 0 Å². The maximum atomic E-state index is 13.0. The summed E-state index contributed by atoms with van der Waals surface area (Å²) in [6, 6.07) is 9.06. The molecule has 1 aromatic rings. The quantitative estimate of drug-likeness (QED) is 0.725. The molecule has 1 amide bonds. The average Bonchev–Trinajstić information content (AvgIpc) is 3.25. The zero-order chi connectivity index (χ0) is 18.5. The van der Waals surface area contributed by atoms with E-state index in [2.05, 4.69) is 5.32 Å². The third-order valence-corrected chi connectivity index (χ3v) is 5.87. The first-order valence-electron chi connectivity index (χ1n) is 9.66. The molecule has 1 heterocycles. The van der Waals surface area contributed by atoms with E-state index in [1.54, 1.807) is 11.8 Å². The first-order chi connectivity index (χ1) is 12.6. The molecule has 1 saturated carbocycles. The minimum Gasteiger partial charge on any atom is -0.328 e. The van der Waals surface area contributed by atoms with E-state index in [1.807, 2.05) is 30.3 Å². The average molecular weight is 356 g/mol. The van der Waals surface area contributed by atoms with Crippen LogP contribution in [-0.4, -0.2) is 47.5 Å². The fourth-order valence-corrected chi connectivity index (χ4v) is 4.55. The number of nitrogens with one attached hydrogen (secondary N) is 1. The Labute approximate surface area is 155 Å². The van der Waals surface area contributed by atoms with Crippen LogP contribution in [-0.2, 0) is 20.8 Å². The lowest BCUT2D eigenvalue weighted by molar-refractivity contribution is -0.138. The standard InChI is InChI=1S/C21H28N2O3/c1-15(22-18(13-24)11-10-16-6-3-2-4-7-16)21(26)23-19(14-25)12-17-8-5-9-20(17)23/h2-4,6-7,13-15,17-20,22H,5,8-12H2,1H3/t15-,17?,18-,19-,20?/m0/s1. The number of rotatable bonds is 8. The maximum Gasteiger partial charge on any atom is 0.240 e. The molecule has 1 saturated heterocycles. The summed E-state index contributed by atoms with van der Waals surface area (Å²) in [6.45, 7) is 1.80. The zero-order valence-corrected chi connectivity index (χ0v) is 15.3. The molecule has 2 unspecified atom stereocenters. The van der Waals surface area contributed by atoms with E-state index in [0.717, 1.165) is 44.7 Å². The predicted molar refractivity (Wildman–Crippen MR) is 99.7 cm³/mol. The number of fused-ring (bicyclic) bond motifs is 1. The third kappa shape index (κ3) is 4.04. The Morgan fingerprint density at radius 3 is 2.73 bits per heavy atom. The first-order valence-corrected chi connectivity index (χ1v) is 9.66. The summed E-state index contributed by atoms with van der Waals surface area (Å²) in [5.74, 6) is 0.407. The monoisotopic (exact) mass is 356 g/mol. The van der Waals surface area contributed by atoms with Crippen LogP contribution >= 0.6 is 0 Å². The van der Waals surface area contributed by atoms with Crippen molar-refractivity contribution in [3.8, 4) is 0 Å². The molecule has 3 rings (SSSR count).